The Kier molecular flexibility index (Phi) is 4.45. The fourth-order valence-electron chi connectivity index (χ4n) is 1.35. The van der Waals surface area contributed by atoms with Crippen LogP contribution in [0.25, 0.3) is 0 Å². The molecule has 0 spiro atoms. The Hall–Kier alpha value is -1.90. The molecule has 84 valence electrons. The van der Waals surface area contributed by atoms with E-state index in [4.69, 9.17) is 4.74 Å². The second-order valence-corrected chi connectivity index (χ2v) is 3.35. The van der Waals surface area contributed by atoms with Crippen LogP contribution in [-0.2, 0) is 9.53 Å². The van der Waals surface area contributed by atoms with Crippen LogP contribution < -0.4 is 0 Å². The fourth-order valence-corrected chi connectivity index (χ4v) is 1.35. The van der Waals surface area contributed by atoms with Gasteiger partial charge in [0.05, 0.1) is 0 Å². The van der Waals surface area contributed by atoms with Crippen molar-refractivity contribution >= 4 is 11.8 Å². The first-order valence-corrected chi connectivity index (χ1v) is 5.02. The van der Waals surface area contributed by atoms with Gasteiger partial charge in [-0.05, 0) is 0 Å². The molecule has 16 heavy (non-hydrogen) atoms. The zero-order valence-corrected chi connectivity index (χ0v) is 9.18. The third kappa shape index (κ3) is 3.35. The Balaban J connectivity index is 2.82. The second-order valence-electron chi connectivity index (χ2n) is 3.35. The third-order valence-corrected chi connectivity index (χ3v) is 2.04. The smallest absolute Gasteiger partial charge is 0.303 e. The van der Waals surface area contributed by atoms with Gasteiger partial charge in [-0.15, -0.1) is 6.58 Å². The van der Waals surface area contributed by atoms with Crippen LogP contribution in [-0.4, -0.2) is 17.9 Å². The van der Waals surface area contributed by atoms with E-state index in [0.717, 1.165) is 0 Å². The minimum absolute atomic E-state index is 0.198. The molecule has 0 aromatic heterocycles. The van der Waals surface area contributed by atoms with Gasteiger partial charge in [0.1, 0.15) is 0 Å². The minimum atomic E-state index is -0.766. The molecule has 0 saturated heterocycles. The number of ether oxygens (including phenoxy) is 1. The summed E-state index contributed by atoms with van der Waals surface area (Å²) in [6.45, 7) is 4.83. The Labute approximate surface area is 94.7 Å². The van der Waals surface area contributed by atoms with E-state index < -0.39 is 12.1 Å². The molecular weight excluding hydrogens is 204 g/mol. The highest BCUT2D eigenvalue weighted by Crippen LogP contribution is 2.10. The van der Waals surface area contributed by atoms with Crippen molar-refractivity contribution in [2.24, 2.45) is 0 Å². The summed E-state index contributed by atoms with van der Waals surface area (Å²) in [5, 5.41) is 0. The molecule has 0 saturated carbocycles. The normalized spacial score (nSPS) is 11.6. The summed E-state index contributed by atoms with van der Waals surface area (Å²) < 4.78 is 4.95. The maximum Gasteiger partial charge on any atom is 0.303 e. The quantitative estimate of drug-likeness (QED) is 0.433. The van der Waals surface area contributed by atoms with Gasteiger partial charge in [-0.1, -0.05) is 36.4 Å². The Morgan fingerprint density at radius 1 is 1.38 bits per heavy atom. The molecule has 0 aliphatic heterocycles. The number of hydrogen-bond acceptors (Lipinski definition) is 3. The number of Topliss-reactive ketones (excluding diaryl/α,β-unsaturated/α-hetero) is 1. The van der Waals surface area contributed by atoms with Crippen LogP contribution in [0.4, 0.5) is 0 Å². The molecule has 1 rings (SSSR count). The van der Waals surface area contributed by atoms with Crippen molar-refractivity contribution in [1.29, 1.82) is 0 Å². The molecule has 0 bridgehead atoms. The predicted molar refractivity (Wildman–Crippen MR) is 61.1 cm³/mol. The Bertz CT molecular complexity index is 381. The second kappa shape index (κ2) is 5.85. The lowest BCUT2D eigenvalue weighted by Crippen LogP contribution is -2.25. The molecule has 0 heterocycles. The van der Waals surface area contributed by atoms with Gasteiger partial charge in [0.2, 0.25) is 5.78 Å². The van der Waals surface area contributed by atoms with Gasteiger partial charge in [0, 0.05) is 18.9 Å². The number of hydrogen-bond donors (Lipinski definition) is 0. The molecule has 1 aromatic carbocycles. The molecule has 0 aliphatic rings. The standard InChI is InChI=1S/C13H14O3/c1-3-7-12(16-10(2)14)13(15)11-8-5-4-6-9-11/h3-6,8-9,12H,1,7H2,2H3/t12-/m0/s1. The largest absolute Gasteiger partial charge is 0.454 e. The van der Waals surface area contributed by atoms with E-state index in [1.54, 1.807) is 30.3 Å². The lowest BCUT2D eigenvalue weighted by molar-refractivity contribution is -0.144. The van der Waals surface area contributed by atoms with Gasteiger partial charge in [0.25, 0.3) is 0 Å². The van der Waals surface area contributed by atoms with Crippen LogP contribution in [0.2, 0.25) is 0 Å². The van der Waals surface area contributed by atoms with Crippen molar-refractivity contribution < 1.29 is 14.3 Å². The van der Waals surface area contributed by atoms with Gasteiger partial charge in [-0.3, -0.25) is 9.59 Å². The molecule has 0 radical (unpaired) electrons. The Morgan fingerprint density at radius 2 is 2.00 bits per heavy atom. The first-order chi connectivity index (χ1) is 7.65. The van der Waals surface area contributed by atoms with Crippen molar-refractivity contribution in [1.82, 2.24) is 0 Å². The van der Waals surface area contributed by atoms with Crippen LogP contribution in [0.1, 0.15) is 23.7 Å². The monoisotopic (exact) mass is 218 g/mol. The van der Waals surface area contributed by atoms with E-state index in [1.807, 2.05) is 6.07 Å². The lowest BCUT2D eigenvalue weighted by atomic mass is 10.0. The van der Waals surface area contributed by atoms with Crippen LogP contribution in [0.15, 0.2) is 43.0 Å². The molecule has 0 unspecified atom stereocenters. The van der Waals surface area contributed by atoms with Crippen LogP contribution in [0.3, 0.4) is 0 Å². The Morgan fingerprint density at radius 3 is 2.50 bits per heavy atom. The highest BCUT2D eigenvalue weighted by molar-refractivity contribution is 6.00. The van der Waals surface area contributed by atoms with Crippen molar-refractivity contribution in [2.45, 2.75) is 19.4 Å². The molecule has 1 atom stereocenters. The molecule has 0 N–H and O–H groups in total. The van der Waals surface area contributed by atoms with Crippen LogP contribution >= 0.6 is 0 Å². The topological polar surface area (TPSA) is 43.4 Å². The van der Waals surface area contributed by atoms with E-state index >= 15 is 0 Å². The van der Waals surface area contributed by atoms with E-state index in [9.17, 15) is 9.59 Å². The summed E-state index contributed by atoms with van der Waals surface area (Å²) in [6, 6.07) is 8.76. The van der Waals surface area contributed by atoms with Gasteiger partial charge in [0.15, 0.2) is 6.10 Å². The summed E-state index contributed by atoms with van der Waals surface area (Å²) in [7, 11) is 0. The van der Waals surface area contributed by atoms with Crippen molar-refractivity contribution in [3.8, 4) is 0 Å². The first-order valence-electron chi connectivity index (χ1n) is 5.02. The number of rotatable bonds is 5. The average Bonchev–Trinajstić information content (AvgIpc) is 2.28. The zero-order valence-electron chi connectivity index (χ0n) is 9.18. The van der Waals surface area contributed by atoms with Crippen molar-refractivity contribution in [3.05, 3.63) is 48.6 Å². The predicted octanol–water partition coefficient (Wildman–Crippen LogP) is 2.38. The molecular formula is C13H14O3. The van der Waals surface area contributed by atoms with Gasteiger partial charge in [-0.2, -0.15) is 0 Å². The number of ketones is 1. The molecule has 3 heteroatoms. The SMILES string of the molecule is C=CC[C@H](OC(C)=O)C(=O)c1ccccc1. The maximum absolute atomic E-state index is 11.9. The highest BCUT2D eigenvalue weighted by atomic mass is 16.5. The zero-order chi connectivity index (χ0) is 12.0. The van der Waals surface area contributed by atoms with Crippen LogP contribution in [0, 0.1) is 0 Å². The summed E-state index contributed by atoms with van der Waals surface area (Å²) in [5.74, 6) is -0.660. The first kappa shape index (κ1) is 12.2. The van der Waals surface area contributed by atoms with Gasteiger partial charge < -0.3 is 4.74 Å². The maximum atomic E-state index is 11.9. The van der Waals surface area contributed by atoms with E-state index in [-0.39, 0.29) is 5.78 Å². The summed E-state index contributed by atoms with van der Waals surface area (Å²) in [6.07, 6.45) is 1.12. The minimum Gasteiger partial charge on any atom is -0.454 e. The average molecular weight is 218 g/mol. The third-order valence-electron chi connectivity index (χ3n) is 2.04. The molecule has 0 amide bonds. The van der Waals surface area contributed by atoms with E-state index in [1.165, 1.54) is 6.92 Å². The number of carbonyl (C=O) groups is 2. The van der Waals surface area contributed by atoms with Crippen molar-refractivity contribution in [2.75, 3.05) is 0 Å². The van der Waals surface area contributed by atoms with Crippen molar-refractivity contribution in [3.63, 3.8) is 0 Å². The lowest BCUT2D eigenvalue weighted by Gasteiger charge is -2.13. The summed E-state index contributed by atoms with van der Waals surface area (Å²) in [5.41, 5.74) is 0.538. The van der Waals surface area contributed by atoms with Gasteiger partial charge >= 0.3 is 5.97 Å². The number of carbonyl (C=O) groups excluding carboxylic acids is 2. The van der Waals surface area contributed by atoms with Crippen LogP contribution in [0.5, 0.6) is 0 Å². The van der Waals surface area contributed by atoms with Gasteiger partial charge in [-0.25, -0.2) is 0 Å². The fraction of sp³-hybridized carbons (Fsp3) is 0.231. The highest BCUT2D eigenvalue weighted by Gasteiger charge is 2.21. The number of benzene rings is 1. The molecule has 0 aliphatic carbocycles. The molecule has 1 aromatic rings. The summed E-state index contributed by atoms with van der Waals surface area (Å²) in [4.78, 5) is 22.8. The van der Waals surface area contributed by atoms with E-state index in [2.05, 4.69) is 6.58 Å². The summed E-state index contributed by atoms with van der Waals surface area (Å²) >= 11 is 0. The molecule has 3 nitrogen and oxygen atoms in total. The molecule has 0 fully saturated rings. The number of esters is 1. The van der Waals surface area contributed by atoms with E-state index in [0.29, 0.717) is 12.0 Å².